The molecule has 0 atom stereocenters. The summed E-state index contributed by atoms with van der Waals surface area (Å²) in [6.07, 6.45) is 6.55. The van der Waals surface area contributed by atoms with Crippen molar-refractivity contribution in [2.45, 2.75) is 0 Å². The summed E-state index contributed by atoms with van der Waals surface area (Å²) in [5, 5.41) is 0. The third kappa shape index (κ3) is 1.33. The van der Waals surface area contributed by atoms with Gasteiger partial charge >= 0.3 is 0 Å². The minimum atomic E-state index is -2.84. The first-order valence-electron chi connectivity index (χ1n) is 2.50. The highest BCUT2D eigenvalue weighted by molar-refractivity contribution is 7.92. The maximum atomic E-state index is 10.7. The van der Waals surface area contributed by atoms with Crippen molar-refractivity contribution in [3.63, 3.8) is 0 Å². The second-order valence-corrected chi connectivity index (χ2v) is 4.04. The number of sulfone groups is 1. The van der Waals surface area contributed by atoms with Crippen LogP contribution in [0, 0.1) is 12.3 Å². The quantitative estimate of drug-likeness (QED) is 0.445. The Balaban J connectivity index is 2.87. The Hall–Kier alpha value is -0.750. The molecule has 0 aromatic carbocycles. The molecular weight excluding hydrogens is 136 g/mol. The van der Waals surface area contributed by atoms with Gasteiger partial charge < -0.3 is 0 Å². The van der Waals surface area contributed by atoms with E-state index >= 15 is 0 Å². The van der Waals surface area contributed by atoms with Crippen LogP contribution in [-0.2, 0) is 9.84 Å². The number of terminal acetylenes is 1. The van der Waals surface area contributed by atoms with Crippen LogP contribution in [0.3, 0.4) is 0 Å². The fourth-order valence-corrected chi connectivity index (χ4v) is 1.93. The first-order chi connectivity index (χ1) is 4.14. The lowest BCUT2D eigenvalue weighted by atomic mass is 10.3. The molecule has 1 aliphatic heterocycles. The molecule has 48 valence electrons. The van der Waals surface area contributed by atoms with Gasteiger partial charge in [-0.25, -0.2) is 8.42 Å². The molecule has 2 nitrogen and oxygen atoms in total. The minimum absolute atomic E-state index is 0.0590. The Labute approximate surface area is 54.5 Å². The molecule has 3 heteroatoms. The van der Waals surface area contributed by atoms with E-state index in [1.807, 2.05) is 0 Å². The van der Waals surface area contributed by atoms with E-state index in [1.165, 1.54) is 0 Å². The van der Waals surface area contributed by atoms with Crippen molar-refractivity contribution >= 4 is 9.84 Å². The van der Waals surface area contributed by atoms with Crippen molar-refractivity contribution in [3.05, 3.63) is 11.6 Å². The van der Waals surface area contributed by atoms with Gasteiger partial charge in [0.1, 0.15) is 0 Å². The Morgan fingerprint density at radius 3 is 2.56 bits per heavy atom. The first kappa shape index (κ1) is 6.37. The zero-order valence-electron chi connectivity index (χ0n) is 4.79. The molecule has 1 aliphatic rings. The van der Waals surface area contributed by atoms with Crippen LogP contribution in [0.4, 0.5) is 0 Å². The summed E-state index contributed by atoms with van der Waals surface area (Å²) < 4.78 is 21.3. The molecule has 0 radical (unpaired) electrons. The molecule has 0 amide bonds. The van der Waals surface area contributed by atoms with Crippen LogP contribution in [0.15, 0.2) is 11.6 Å². The molecule has 0 aliphatic carbocycles. The van der Waals surface area contributed by atoms with E-state index in [9.17, 15) is 8.42 Å². The molecule has 0 unspecified atom stereocenters. The average molecular weight is 142 g/mol. The molecule has 0 N–H and O–H groups in total. The maximum absolute atomic E-state index is 10.7. The number of hydrogen-bond acceptors (Lipinski definition) is 2. The van der Waals surface area contributed by atoms with Crippen LogP contribution in [0.25, 0.3) is 0 Å². The lowest BCUT2D eigenvalue weighted by Crippen LogP contribution is -2.01. The van der Waals surface area contributed by atoms with Crippen LogP contribution < -0.4 is 0 Å². The molecular formula is C6H6O2S. The van der Waals surface area contributed by atoms with E-state index in [1.54, 1.807) is 6.08 Å². The fourth-order valence-electron chi connectivity index (χ4n) is 0.683. The van der Waals surface area contributed by atoms with Gasteiger partial charge in [0, 0.05) is 5.57 Å². The molecule has 0 saturated carbocycles. The van der Waals surface area contributed by atoms with Crippen molar-refractivity contribution in [3.8, 4) is 12.3 Å². The Morgan fingerprint density at radius 1 is 1.67 bits per heavy atom. The molecule has 0 spiro atoms. The minimum Gasteiger partial charge on any atom is -0.228 e. The standard InChI is InChI=1S/C6H6O2S/c1-2-6-3-4-9(7,8)5-6/h1,3H,4-5H2. The summed E-state index contributed by atoms with van der Waals surface area (Å²) in [5.41, 5.74) is 0.593. The average Bonchev–Trinajstić information content (AvgIpc) is 2.10. The van der Waals surface area contributed by atoms with Crippen molar-refractivity contribution in [2.75, 3.05) is 11.5 Å². The van der Waals surface area contributed by atoms with E-state index < -0.39 is 9.84 Å². The summed E-state index contributed by atoms with van der Waals surface area (Å²) in [6.45, 7) is 0. The van der Waals surface area contributed by atoms with Crippen LogP contribution in [0.2, 0.25) is 0 Å². The van der Waals surface area contributed by atoms with Gasteiger partial charge in [0.15, 0.2) is 9.84 Å². The third-order valence-electron chi connectivity index (χ3n) is 1.14. The van der Waals surface area contributed by atoms with Crippen molar-refractivity contribution < 1.29 is 8.42 Å². The van der Waals surface area contributed by atoms with E-state index in [-0.39, 0.29) is 11.5 Å². The van der Waals surface area contributed by atoms with E-state index in [2.05, 4.69) is 5.92 Å². The smallest absolute Gasteiger partial charge is 0.158 e. The highest BCUT2D eigenvalue weighted by Crippen LogP contribution is 2.08. The van der Waals surface area contributed by atoms with Gasteiger partial charge in [-0.1, -0.05) is 12.0 Å². The number of rotatable bonds is 0. The van der Waals surface area contributed by atoms with Gasteiger partial charge in [0.2, 0.25) is 0 Å². The van der Waals surface area contributed by atoms with Crippen molar-refractivity contribution in [2.24, 2.45) is 0 Å². The summed E-state index contributed by atoms with van der Waals surface area (Å²) in [4.78, 5) is 0. The van der Waals surface area contributed by atoms with E-state index in [0.717, 1.165) is 0 Å². The zero-order valence-corrected chi connectivity index (χ0v) is 5.61. The number of hydrogen-bond donors (Lipinski definition) is 0. The fraction of sp³-hybridized carbons (Fsp3) is 0.333. The van der Waals surface area contributed by atoms with Crippen molar-refractivity contribution in [1.82, 2.24) is 0 Å². The van der Waals surface area contributed by atoms with Gasteiger partial charge in [-0.2, -0.15) is 0 Å². The second kappa shape index (κ2) is 1.89. The van der Waals surface area contributed by atoms with E-state index in [4.69, 9.17) is 6.42 Å². The van der Waals surface area contributed by atoms with Crippen molar-refractivity contribution in [1.29, 1.82) is 0 Å². The molecule has 9 heavy (non-hydrogen) atoms. The predicted octanol–water partition coefficient (Wildman–Crippen LogP) is -0.0256. The van der Waals surface area contributed by atoms with Crippen LogP contribution >= 0.6 is 0 Å². The van der Waals surface area contributed by atoms with Gasteiger partial charge in [-0.15, -0.1) is 6.42 Å². The van der Waals surface area contributed by atoms with Gasteiger partial charge in [0.05, 0.1) is 11.5 Å². The Kier molecular flexibility index (Phi) is 1.34. The maximum Gasteiger partial charge on any atom is 0.158 e. The first-order valence-corrected chi connectivity index (χ1v) is 4.32. The Bertz CT molecular complexity index is 277. The van der Waals surface area contributed by atoms with Gasteiger partial charge in [-0.3, -0.25) is 0 Å². The highest BCUT2D eigenvalue weighted by atomic mass is 32.2. The monoisotopic (exact) mass is 142 g/mol. The largest absolute Gasteiger partial charge is 0.228 e. The normalized spacial score (nSPS) is 22.8. The van der Waals surface area contributed by atoms with Gasteiger partial charge in [-0.05, 0) is 0 Å². The summed E-state index contributed by atoms with van der Waals surface area (Å²) >= 11 is 0. The lowest BCUT2D eigenvalue weighted by Gasteiger charge is -1.86. The highest BCUT2D eigenvalue weighted by Gasteiger charge is 2.17. The van der Waals surface area contributed by atoms with Crippen LogP contribution in [0.1, 0.15) is 0 Å². The molecule has 0 aromatic rings. The molecule has 1 rings (SSSR count). The molecule has 0 aromatic heterocycles. The van der Waals surface area contributed by atoms with Gasteiger partial charge in [0.25, 0.3) is 0 Å². The molecule has 0 bridgehead atoms. The lowest BCUT2D eigenvalue weighted by molar-refractivity contribution is 0.603. The zero-order chi connectivity index (χ0) is 6.91. The second-order valence-electron chi connectivity index (χ2n) is 1.93. The predicted molar refractivity (Wildman–Crippen MR) is 35.6 cm³/mol. The van der Waals surface area contributed by atoms with Crippen LogP contribution in [-0.4, -0.2) is 19.9 Å². The topological polar surface area (TPSA) is 34.1 Å². The molecule has 1 heterocycles. The third-order valence-corrected chi connectivity index (χ3v) is 2.57. The SMILES string of the molecule is C#CC1=CCS(=O)(=O)C1. The molecule has 0 fully saturated rings. The summed E-state index contributed by atoms with van der Waals surface area (Å²) in [5.74, 6) is 2.48. The van der Waals surface area contributed by atoms with Crippen LogP contribution in [0.5, 0.6) is 0 Å². The Morgan fingerprint density at radius 2 is 2.33 bits per heavy atom. The summed E-state index contributed by atoms with van der Waals surface area (Å²) in [6, 6.07) is 0. The molecule has 0 saturated heterocycles. The van der Waals surface area contributed by atoms with E-state index in [0.29, 0.717) is 5.57 Å². The summed E-state index contributed by atoms with van der Waals surface area (Å²) in [7, 11) is -2.84.